The summed E-state index contributed by atoms with van der Waals surface area (Å²) in [5, 5.41) is 3.09. The maximum absolute atomic E-state index is 11.6. The highest BCUT2D eigenvalue weighted by Crippen LogP contribution is 2.31. The fraction of sp³-hybridized carbons (Fsp3) is 0.263. The SMILES string of the molecule is COC(=O)NCCOC(c1cccc(Cl)c1)c1cc(OC)cc(C(N)=O)c1. The minimum Gasteiger partial charge on any atom is -0.497 e. The van der Waals surface area contributed by atoms with E-state index in [0.29, 0.717) is 21.9 Å². The second-order valence-corrected chi connectivity index (χ2v) is 6.02. The van der Waals surface area contributed by atoms with Crippen LogP contribution in [0.5, 0.6) is 5.75 Å². The molecule has 8 heteroatoms. The monoisotopic (exact) mass is 392 g/mol. The Morgan fingerprint density at radius 3 is 2.56 bits per heavy atom. The highest BCUT2D eigenvalue weighted by Gasteiger charge is 2.18. The Morgan fingerprint density at radius 2 is 1.93 bits per heavy atom. The second kappa shape index (κ2) is 9.80. The van der Waals surface area contributed by atoms with Crippen molar-refractivity contribution in [1.82, 2.24) is 5.32 Å². The van der Waals surface area contributed by atoms with Gasteiger partial charge in [-0.15, -0.1) is 0 Å². The molecule has 0 aliphatic heterocycles. The van der Waals surface area contributed by atoms with Gasteiger partial charge in [-0.3, -0.25) is 4.79 Å². The quantitative estimate of drug-likeness (QED) is 0.673. The molecule has 0 aliphatic carbocycles. The Hall–Kier alpha value is -2.77. The van der Waals surface area contributed by atoms with E-state index in [2.05, 4.69) is 10.1 Å². The van der Waals surface area contributed by atoms with Crippen LogP contribution in [0.1, 0.15) is 27.6 Å². The van der Waals surface area contributed by atoms with Crippen molar-refractivity contribution >= 4 is 23.6 Å². The van der Waals surface area contributed by atoms with E-state index in [0.717, 1.165) is 5.56 Å². The van der Waals surface area contributed by atoms with Crippen LogP contribution in [0.15, 0.2) is 42.5 Å². The van der Waals surface area contributed by atoms with Crippen molar-refractivity contribution in [2.45, 2.75) is 6.10 Å². The van der Waals surface area contributed by atoms with Gasteiger partial charge >= 0.3 is 6.09 Å². The van der Waals surface area contributed by atoms with E-state index in [4.69, 9.17) is 26.8 Å². The highest BCUT2D eigenvalue weighted by atomic mass is 35.5. The van der Waals surface area contributed by atoms with Crippen LogP contribution in [0.25, 0.3) is 0 Å². The molecule has 2 rings (SSSR count). The van der Waals surface area contributed by atoms with E-state index < -0.39 is 18.1 Å². The molecule has 27 heavy (non-hydrogen) atoms. The summed E-state index contributed by atoms with van der Waals surface area (Å²) in [5.41, 5.74) is 7.17. The van der Waals surface area contributed by atoms with E-state index in [1.807, 2.05) is 6.07 Å². The van der Waals surface area contributed by atoms with Gasteiger partial charge in [-0.2, -0.15) is 0 Å². The van der Waals surface area contributed by atoms with Crippen LogP contribution in [-0.4, -0.2) is 39.4 Å². The number of halogens is 1. The van der Waals surface area contributed by atoms with Gasteiger partial charge in [0.15, 0.2) is 0 Å². The molecule has 0 aliphatic rings. The Balaban J connectivity index is 2.33. The molecule has 2 amide bonds. The molecule has 2 aromatic rings. The molecule has 0 radical (unpaired) electrons. The Labute approximate surface area is 162 Å². The maximum atomic E-state index is 11.6. The zero-order valence-corrected chi connectivity index (χ0v) is 15.8. The molecule has 0 aromatic heterocycles. The third-order valence-corrected chi connectivity index (χ3v) is 3.98. The van der Waals surface area contributed by atoms with Gasteiger partial charge in [-0.1, -0.05) is 23.7 Å². The zero-order valence-electron chi connectivity index (χ0n) is 15.0. The Bertz CT molecular complexity index is 812. The summed E-state index contributed by atoms with van der Waals surface area (Å²) in [5.74, 6) is -0.100. The molecule has 0 spiro atoms. The number of alkyl carbamates (subject to hydrolysis) is 1. The van der Waals surface area contributed by atoms with Crippen molar-refractivity contribution in [2.24, 2.45) is 5.73 Å². The molecule has 0 bridgehead atoms. The molecule has 2 aromatic carbocycles. The number of hydrogen-bond acceptors (Lipinski definition) is 5. The number of rotatable bonds is 8. The Kier molecular flexibility index (Phi) is 7.45. The predicted molar refractivity (Wildman–Crippen MR) is 101 cm³/mol. The summed E-state index contributed by atoms with van der Waals surface area (Å²) < 4.78 is 15.7. The standard InChI is InChI=1S/C19H21ClN2O5/c1-25-16-10-13(8-14(11-16)18(21)23)17(12-4-3-5-15(20)9-12)27-7-6-22-19(24)26-2/h3-5,8-11,17H,6-7H2,1-2H3,(H2,21,23)(H,22,24). The molecular formula is C19H21ClN2O5. The molecule has 7 nitrogen and oxygen atoms in total. The van der Waals surface area contributed by atoms with Crippen LogP contribution in [0.4, 0.5) is 4.79 Å². The summed E-state index contributed by atoms with van der Waals surface area (Å²) in [6, 6.07) is 12.1. The normalized spacial score (nSPS) is 11.5. The van der Waals surface area contributed by atoms with Crippen molar-refractivity contribution < 1.29 is 23.8 Å². The fourth-order valence-corrected chi connectivity index (χ4v) is 2.69. The molecule has 0 fully saturated rings. The van der Waals surface area contributed by atoms with E-state index in [1.54, 1.807) is 36.4 Å². The van der Waals surface area contributed by atoms with Gasteiger partial charge in [0.05, 0.1) is 20.8 Å². The van der Waals surface area contributed by atoms with Gasteiger partial charge in [-0.05, 0) is 41.5 Å². The second-order valence-electron chi connectivity index (χ2n) is 5.58. The van der Waals surface area contributed by atoms with E-state index in [1.165, 1.54) is 14.2 Å². The van der Waals surface area contributed by atoms with Crippen LogP contribution >= 0.6 is 11.6 Å². The van der Waals surface area contributed by atoms with Crippen LogP contribution < -0.4 is 15.8 Å². The van der Waals surface area contributed by atoms with E-state index in [9.17, 15) is 9.59 Å². The average Bonchev–Trinajstić information content (AvgIpc) is 2.67. The zero-order chi connectivity index (χ0) is 19.8. The fourth-order valence-electron chi connectivity index (χ4n) is 2.49. The number of carbonyl (C=O) groups excluding carboxylic acids is 2. The van der Waals surface area contributed by atoms with Crippen LogP contribution in [-0.2, 0) is 9.47 Å². The number of primary amides is 1. The van der Waals surface area contributed by atoms with Crippen LogP contribution in [0, 0.1) is 0 Å². The number of hydrogen-bond donors (Lipinski definition) is 2. The molecule has 0 heterocycles. The van der Waals surface area contributed by atoms with Crippen molar-refractivity contribution in [3.05, 3.63) is 64.2 Å². The van der Waals surface area contributed by atoms with Crippen LogP contribution in [0.2, 0.25) is 5.02 Å². The molecule has 3 N–H and O–H groups in total. The highest BCUT2D eigenvalue weighted by molar-refractivity contribution is 6.30. The summed E-state index contributed by atoms with van der Waals surface area (Å²) in [7, 11) is 2.78. The van der Waals surface area contributed by atoms with Crippen molar-refractivity contribution in [3.8, 4) is 5.75 Å². The maximum Gasteiger partial charge on any atom is 0.406 e. The molecule has 1 atom stereocenters. The lowest BCUT2D eigenvalue weighted by Crippen LogP contribution is -2.27. The number of benzene rings is 2. The largest absolute Gasteiger partial charge is 0.497 e. The topological polar surface area (TPSA) is 99.9 Å². The summed E-state index contributed by atoms with van der Waals surface area (Å²) in [6.45, 7) is 0.450. The number of amides is 2. The molecule has 0 saturated carbocycles. The van der Waals surface area contributed by atoms with Gasteiger partial charge in [0.1, 0.15) is 11.9 Å². The van der Waals surface area contributed by atoms with Gasteiger partial charge in [0.25, 0.3) is 0 Å². The summed E-state index contributed by atoms with van der Waals surface area (Å²) >= 11 is 6.11. The van der Waals surface area contributed by atoms with Gasteiger partial charge in [0.2, 0.25) is 5.91 Å². The van der Waals surface area contributed by atoms with Gasteiger partial charge < -0.3 is 25.3 Å². The van der Waals surface area contributed by atoms with Crippen molar-refractivity contribution in [1.29, 1.82) is 0 Å². The lowest BCUT2D eigenvalue weighted by molar-refractivity contribution is 0.0803. The van der Waals surface area contributed by atoms with Crippen molar-refractivity contribution in [2.75, 3.05) is 27.4 Å². The van der Waals surface area contributed by atoms with Gasteiger partial charge in [0, 0.05) is 17.1 Å². The molecule has 1 unspecified atom stereocenters. The van der Waals surface area contributed by atoms with Crippen LogP contribution in [0.3, 0.4) is 0 Å². The summed E-state index contributed by atoms with van der Waals surface area (Å²) in [4.78, 5) is 22.8. The first-order chi connectivity index (χ1) is 12.9. The molecule has 0 saturated heterocycles. The number of nitrogens with two attached hydrogens (primary N) is 1. The smallest absolute Gasteiger partial charge is 0.406 e. The number of methoxy groups -OCH3 is 2. The minimum atomic E-state index is -0.577. The third-order valence-electron chi connectivity index (χ3n) is 3.74. The lowest BCUT2D eigenvalue weighted by Gasteiger charge is -2.20. The minimum absolute atomic E-state index is 0.204. The van der Waals surface area contributed by atoms with E-state index >= 15 is 0 Å². The first kappa shape index (κ1) is 20.5. The summed E-state index contributed by atoms with van der Waals surface area (Å²) in [6.07, 6.45) is -1.09. The molecule has 144 valence electrons. The van der Waals surface area contributed by atoms with E-state index in [-0.39, 0.29) is 13.2 Å². The van der Waals surface area contributed by atoms with Crippen molar-refractivity contribution in [3.63, 3.8) is 0 Å². The van der Waals surface area contributed by atoms with Gasteiger partial charge in [-0.25, -0.2) is 4.79 Å². The first-order valence-corrected chi connectivity index (χ1v) is 8.50. The predicted octanol–water partition coefficient (Wildman–Crippen LogP) is 2.91. The lowest BCUT2D eigenvalue weighted by atomic mass is 9.98. The average molecular weight is 393 g/mol. The molecular weight excluding hydrogens is 372 g/mol. The number of ether oxygens (including phenoxy) is 3. The number of nitrogens with one attached hydrogen (secondary N) is 1. The first-order valence-electron chi connectivity index (χ1n) is 8.12. The third kappa shape index (κ3) is 5.87. The Morgan fingerprint density at radius 1 is 1.15 bits per heavy atom. The number of carbonyl (C=O) groups is 2.